The average Bonchev–Trinajstić information content (AvgIpc) is 2.40. The third kappa shape index (κ3) is 3.51. The predicted molar refractivity (Wildman–Crippen MR) is 67.8 cm³/mol. The largest absolute Gasteiger partial charge is 0.353 e. The van der Waals surface area contributed by atoms with E-state index in [4.69, 9.17) is 0 Å². The zero-order valence-corrected chi connectivity index (χ0v) is 10.6. The first-order valence-electron chi connectivity index (χ1n) is 6.09. The lowest BCUT2D eigenvalue weighted by molar-refractivity contribution is -0.126. The van der Waals surface area contributed by atoms with Crippen LogP contribution in [0.3, 0.4) is 0 Å². The monoisotopic (exact) mass is 265 g/mol. The summed E-state index contributed by atoms with van der Waals surface area (Å²) in [7, 11) is 0. The van der Waals surface area contributed by atoms with Gasteiger partial charge in [-0.3, -0.25) is 14.9 Å². The fourth-order valence-corrected chi connectivity index (χ4v) is 1.81. The van der Waals surface area contributed by atoms with Gasteiger partial charge in [0.05, 0.1) is 6.54 Å². The first-order valence-corrected chi connectivity index (χ1v) is 6.09. The SMILES string of the molecule is Cc1ccc(CNC(=O)C2CNC(=O)CN2)cc1F. The third-order valence-corrected chi connectivity index (χ3v) is 3.03. The van der Waals surface area contributed by atoms with Crippen LogP contribution in [0.2, 0.25) is 0 Å². The van der Waals surface area contributed by atoms with Gasteiger partial charge in [-0.2, -0.15) is 0 Å². The molecule has 1 aliphatic heterocycles. The molecule has 1 aromatic carbocycles. The molecule has 0 spiro atoms. The summed E-state index contributed by atoms with van der Waals surface area (Å²) >= 11 is 0. The van der Waals surface area contributed by atoms with Crippen LogP contribution in [-0.2, 0) is 16.1 Å². The number of carbonyl (C=O) groups is 2. The number of rotatable bonds is 3. The zero-order chi connectivity index (χ0) is 13.8. The van der Waals surface area contributed by atoms with Gasteiger partial charge in [-0.1, -0.05) is 12.1 Å². The number of nitrogens with one attached hydrogen (secondary N) is 3. The normalized spacial score (nSPS) is 18.8. The zero-order valence-electron chi connectivity index (χ0n) is 10.6. The van der Waals surface area contributed by atoms with E-state index in [9.17, 15) is 14.0 Å². The van der Waals surface area contributed by atoms with Gasteiger partial charge >= 0.3 is 0 Å². The molecule has 0 aromatic heterocycles. The smallest absolute Gasteiger partial charge is 0.239 e. The van der Waals surface area contributed by atoms with Gasteiger partial charge in [0.2, 0.25) is 11.8 Å². The van der Waals surface area contributed by atoms with Crippen molar-refractivity contribution in [2.75, 3.05) is 13.1 Å². The highest BCUT2D eigenvalue weighted by molar-refractivity contribution is 5.86. The highest BCUT2D eigenvalue weighted by Crippen LogP contribution is 2.08. The molecular formula is C13H16FN3O2. The fraction of sp³-hybridized carbons (Fsp3) is 0.385. The van der Waals surface area contributed by atoms with E-state index in [1.165, 1.54) is 6.07 Å². The van der Waals surface area contributed by atoms with Crippen molar-refractivity contribution in [3.63, 3.8) is 0 Å². The number of halogens is 1. The Balaban J connectivity index is 1.86. The molecule has 0 bridgehead atoms. The second-order valence-electron chi connectivity index (χ2n) is 4.54. The predicted octanol–water partition coefficient (Wildman–Crippen LogP) is -0.162. The van der Waals surface area contributed by atoms with Crippen molar-refractivity contribution in [3.05, 3.63) is 35.1 Å². The summed E-state index contributed by atoms with van der Waals surface area (Å²) in [6, 6.07) is 4.42. The highest BCUT2D eigenvalue weighted by atomic mass is 19.1. The summed E-state index contributed by atoms with van der Waals surface area (Å²) in [5.41, 5.74) is 1.28. The van der Waals surface area contributed by atoms with Crippen LogP contribution in [0.15, 0.2) is 18.2 Å². The molecule has 1 fully saturated rings. The fourth-order valence-electron chi connectivity index (χ4n) is 1.81. The maximum atomic E-state index is 13.3. The molecular weight excluding hydrogens is 249 g/mol. The van der Waals surface area contributed by atoms with E-state index in [0.29, 0.717) is 11.1 Å². The van der Waals surface area contributed by atoms with Crippen molar-refractivity contribution in [1.82, 2.24) is 16.0 Å². The summed E-state index contributed by atoms with van der Waals surface area (Å²) in [5.74, 6) is -0.611. The van der Waals surface area contributed by atoms with Gasteiger partial charge in [0, 0.05) is 13.1 Å². The van der Waals surface area contributed by atoms with E-state index < -0.39 is 6.04 Å². The first kappa shape index (κ1) is 13.5. The van der Waals surface area contributed by atoms with Gasteiger partial charge in [-0.25, -0.2) is 4.39 Å². The molecule has 1 atom stereocenters. The Morgan fingerprint density at radius 3 is 2.95 bits per heavy atom. The molecule has 5 nitrogen and oxygen atoms in total. The Morgan fingerprint density at radius 2 is 2.32 bits per heavy atom. The van der Waals surface area contributed by atoms with Crippen LogP contribution in [0.1, 0.15) is 11.1 Å². The Labute approximate surface area is 110 Å². The number of aryl methyl sites for hydroxylation is 1. The van der Waals surface area contributed by atoms with Gasteiger partial charge < -0.3 is 10.6 Å². The Morgan fingerprint density at radius 1 is 1.53 bits per heavy atom. The van der Waals surface area contributed by atoms with Crippen molar-refractivity contribution in [2.24, 2.45) is 0 Å². The molecule has 3 N–H and O–H groups in total. The second-order valence-corrected chi connectivity index (χ2v) is 4.54. The minimum absolute atomic E-state index is 0.121. The first-order chi connectivity index (χ1) is 9.06. The third-order valence-electron chi connectivity index (χ3n) is 3.03. The molecule has 6 heteroatoms. The quantitative estimate of drug-likeness (QED) is 0.711. The van der Waals surface area contributed by atoms with Crippen LogP contribution in [0.25, 0.3) is 0 Å². The molecule has 0 aliphatic carbocycles. The maximum absolute atomic E-state index is 13.3. The number of amides is 2. The molecule has 2 rings (SSSR count). The Bertz CT molecular complexity index is 495. The molecule has 102 valence electrons. The molecule has 1 saturated heterocycles. The summed E-state index contributed by atoms with van der Waals surface area (Å²) in [5, 5.41) is 8.14. The van der Waals surface area contributed by atoms with E-state index in [1.54, 1.807) is 19.1 Å². The lowest BCUT2D eigenvalue weighted by Gasteiger charge is -2.23. The maximum Gasteiger partial charge on any atom is 0.239 e. The average molecular weight is 265 g/mol. The van der Waals surface area contributed by atoms with Gasteiger partial charge in [0.25, 0.3) is 0 Å². The van der Waals surface area contributed by atoms with Gasteiger partial charge in [0.15, 0.2) is 0 Å². The van der Waals surface area contributed by atoms with Gasteiger partial charge in [-0.15, -0.1) is 0 Å². The van der Waals surface area contributed by atoms with Crippen molar-refractivity contribution in [2.45, 2.75) is 19.5 Å². The lowest BCUT2D eigenvalue weighted by Crippen LogP contribution is -2.57. The number of benzene rings is 1. The molecule has 2 amide bonds. The number of piperazine rings is 1. The number of hydrogen-bond donors (Lipinski definition) is 3. The van der Waals surface area contributed by atoms with Crippen LogP contribution >= 0.6 is 0 Å². The highest BCUT2D eigenvalue weighted by Gasteiger charge is 2.23. The molecule has 1 aliphatic rings. The van der Waals surface area contributed by atoms with E-state index in [2.05, 4.69) is 16.0 Å². The van der Waals surface area contributed by atoms with Crippen LogP contribution < -0.4 is 16.0 Å². The van der Waals surface area contributed by atoms with Gasteiger partial charge in [-0.05, 0) is 24.1 Å². The van der Waals surface area contributed by atoms with Crippen LogP contribution in [0.4, 0.5) is 4.39 Å². The lowest BCUT2D eigenvalue weighted by atomic mass is 10.1. The molecule has 0 radical (unpaired) electrons. The standard InChI is InChI=1S/C13H16FN3O2/c1-8-2-3-9(4-10(8)14)5-17-13(19)11-6-16-12(18)7-15-11/h2-4,11,15H,5-7H2,1H3,(H,16,18)(H,17,19). The van der Waals surface area contributed by atoms with Crippen molar-refractivity contribution >= 4 is 11.8 Å². The van der Waals surface area contributed by atoms with Crippen molar-refractivity contribution in [3.8, 4) is 0 Å². The number of carbonyl (C=O) groups excluding carboxylic acids is 2. The minimum Gasteiger partial charge on any atom is -0.353 e. The van der Waals surface area contributed by atoms with E-state index >= 15 is 0 Å². The summed E-state index contributed by atoms with van der Waals surface area (Å²) in [6.45, 7) is 2.36. The Kier molecular flexibility index (Phi) is 4.11. The molecule has 1 heterocycles. The molecule has 19 heavy (non-hydrogen) atoms. The summed E-state index contributed by atoms with van der Waals surface area (Å²) in [4.78, 5) is 22.7. The van der Waals surface area contributed by atoms with Crippen LogP contribution in [0.5, 0.6) is 0 Å². The van der Waals surface area contributed by atoms with E-state index in [1.807, 2.05) is 0 Å². The number of hydrogen-bond acceptors (Lipinski definition) is 3. The van der Waals surface area contributed by atoms with Crippen molar-refractivity contribution in [1.29, 1.82) is 0 Å². The minimum atomic E-state index is -0.437. The molecule has 1 unspecified atom stereocenters. The molecule has 1 aromatic rings. The van der Waals surface area contributed by atoms with Crippen LogP contribution in [0, 0.1) is 12.7 Å². The second kappa shape index (κ2) is 5.79. The van der Waals surface area contributed by atoms with Gasteiger partial charge in [0.1, 0.15) is 11.9 Å². The van der Waals surface area contributed by atoms with E-state index in [0.717, 1.165) is 0 Å². The Hall–Kier alpha value is -1.95. The van der Waals surface area contributed by atoms with E-state index in [-0.39, 0.29) is 37.3 Å². The molecule has 0 saturated carbocycles. The van der Waals surface area contributed by atoms with Crippen LogP contribution in [-0.4, -0.2) is 30.9 Å². The summed E-state index contributed by atoms with van der Waals surface area (Å²) in [6.07, 6.45) is 0. The van der Waals surface area contributed by atoms with Crippen molar-refractivity contribution < 1.29 is 14.0 Å². The summed E-state index contributed by atoms with van der Waals surface area (Å²) < 4.78 is 13.3. The topological polar surface area (TPSA) is 70.2 Å².